The summed E-state index contributed by atoms with van der Waals surface area (Å²) < 4.78 is 11.3. The van der Waals surface area contributed by atoms with Crippen molar-refractivity contribution in [2.24, 2.45) is 0 Å². The van der Waals surface area contributed by atoms with Crippen LogP contribution in [0.3, 0.4) is 0 Å². The smallest absolute Gasteiger partial charge is 0.174 e. The highest BCUT2D eigenvalue weighted by Crippen LogP contribution is 2.41. The third kappa shape index (κ3) is 3.04. The van der Waals surface area contributed by atoms with E-state index in [4.69, 9.17) is 21.4 Å². The largest absolute Gasteiger partial charge is 0.494 e. The third-order valence-corrected chi connectivity index (χ3v) is 4.67. The minimum atomic E-state index is -0.120. The van der Waals surface area contributed by atoms with Crippen molar-refractivity contribution in [1.29, 1.82) is 0 Å². The molecule has 6 heteroatoms. The van der Waals surface area contributed by atoms with Crippen LogP contribution in [-0.4, -0.2) is 16.7 Å². The Morgan fingerprint density at radius 2 is 2.00 bits per heavy atom. The van der Waals surface area contributed by atoms with Gasteiger partial charge in [-0.25, -0.2) is 0 Å². The number of thiocarbonyl (C=S) groups is 1. The van der Waals surface area contributed by atoms with Crippen LogP contribution in [0.2, 0.25) is 0 Å². The average molecular weight is 365 g/mol. The molecule has 4 rings (SSSR count). The fourth-order valence-corrected chi connectivity index (χ4v) is 3.60. The van der Waals surface area contributed by atoms with E-state index in [1.807, 2.05) is 61.5 Å². The minimum absolute atomic E-state index is 0.0959. The minimum Gasteiger partial charge on any atom is -0.494 e. The van der Waals surface area contributed by atoms with E-state index >= 15 is 0 Å². The van der Waals surface area contributed by atoms with Crippen LogP contribution in [-0.2, 0) is 0 Å². The summed E-state index contributed by atoms with van der Waals surface area (Å²) in [7, 11) is 0. The van der Waals surface area contributed by atoms with Gasteiger partial charge in [0.1, 0.15) is 17.6 Å². The van der Waals surface area contributed by atoms with Crippen molar-refractivity contribution in [3.63, 3.8) is 0 Å². The van der Waals surface area contributed by atoms with Crippen molar-refractivity contribution in [3.05, 3.63) is 78.5 Å². The van der Waals surface area contributed by atoms with Gasteiger partial charge in [0.25, 0.3) is 0 Å². The maximum atomic E-state index is 5.74. The SMILES string of the molecule is CCOc1ccc(N2C(=S)NC(c3ccccn3)C2c2ccco2)cc1. The molecule has 1 saturated heterocycles. The summed E-state index contributed by atoms with van der Waals surface area (Å²) in [4.78, 5) is 6.58. The number of nitrogens with zero attached hydrogens (tertiary/aromatic N) is 2. The molecule has 0 saturated carbocycles. The molecule has 26 heavy (non-hydrogen) atoms. The number of nitrogens with one attached hydrogen (secondary N) is 1. The van der Waals surface area contributed by atoms with Crippen molar-refractivity contribution in [3.8, 4) is 5.75 Å². The lowest BCUT2D eigenvalue weighted by Crippen LogP contribution is -2.29. The number of pyridine rings is 1. The van der Waals surface area contributed by atoms with Gasteiger partial charge in [-0.3, -0.25) is 4.98 Å². The number of benzene rings is 1. The standard InChI is InChI=1S/C20H19N3O2S/c1-2-24-15-10-8-14(9-11-15)23-19(17-7-5-13-25-17)18(22-20(23)26)16-6-3-4-12-21-16/h3-13,18-19H,2H2,1H3,(H,22,26). The average Bonchev–Trinajstić information content (AvgIpc) is 3.31. The summed E-state index contributed by atoms with van der Waals surface area (Å²) in [5.74, 6) is 1.67. The molecule has 0 radical (unpaired) electrons. The van der Waals surface area contributed by atoms with Crippen LogP contribution in [0.5, 0.6) is 5.75 Å². The Bertz CT molecular complexity index is 866. The monoisotopic (exact) mass is 365 g/mol. The summed E-state index contributed by atoms with van der Waals surface area (Å²) in [5.41, 5.74) is 1.90. The number of ether oxygens (including phenoxy) is 1. The molecule has 132 valence electrons. The van der Waals surface area contributed by atoms with Crippen LogP contribution in [0.1, 0.15) is 30.5 Å². The molecule has 2 aromatic heterocycles. The van der Waals surface area contributed by atoms with Crippen LogP contribution in [0.4, 0.5) is 5.69 Å². The summed E-state index contributed by atoms with van der Waals surface area (Å²) in [6.45, 7) is 2.61. The van der Waals surface area contributed by atoms with Gasteiger partial charge in [-0.2, -0.15) is 0 Å². The number of hydrogen-bond donors (Lipinski definition) is 1. The van der Waals surface area contributed by atoms with E-state index in [-0.39, 0.29) is 12.1 Å². The van der Waals surface area contributed by atoms with Gasteiger partial charge in [-0.15, -0.1) is 0 Å². The molecule has 0 amide bonds. The molecule has 1 aliphatic heterocycles. The topological polar surface area (TPSA) is 50.5 Å². The molecule has 3 aromatic rings. The van der Waals surface area contributed by atoms with E-state index in [0.29, 0.717) is 11.7 Å². The predicted molar refractivity (Wildman–Crippen MR) is 104 cm³/mol. The van der Waals surface area contributed by atoms with E-state index in [2.05, 4.69) is 15.2 Å². The highest BCUT2D eigenvalue weighted by molar-refractivity contribution is 7.80. The summed E-state index contributed by atoms with van der Waals surface area (Å²) >= 11 is 5.65. The van der Waals surface area contributed by atoms with Crippen LogP contribution in [0, 0.1) is 0 Å². The van der Waals surface area contributed by atoms with Gasteiger partial charge in [0, 0.05) is 11.9 Å². The maximum Gasteiger partial charge on any atom is 0.174 e. The van der Waals surface area contributed by atoms with Gasteiger partial charge in [0.05, 0.1) is 24.6 Å². The van der Waals surface area contributed by atoms with Gasteiger partial charge in [0.15, 0.2) is 5.11 Å². The van der Waals surface area contributed by atoms with Gasteiger partial charge >= 0.3 is 0 Å². The van der Waals surface area contributed by atoms with Crippen molar-refractivity contribution in [2.75, 3.05) is 11.5 Å². The number of aromatic nitrogens is 1. The number of anilines is 1. The second-order valence-corrected chi connectivity index (χ2v) is 6.33. The Hall–Kier alpha value is -2.86. The number of furan rings is 1. The lowest BCUT2D eigenvalue weighted by molar-refractivity contribution is 0.340. The Morgan fingerprint density at radius 1 is 1.15 bits per heavy atom. The Labute approximate surface area is 157 Å². The van der Waals surface area contributed by atoms with E-state index in [1.165, 1.54) is 0 Å². The van der Waals surface area contributed by atoms with Crippen molar-refractivity contribution >= 4 is 23.0 Å². The molecule has 2 atom stereocenters. The fourth-order valence-electron chi connectivity index (χ4n) is 3.25. The summed E-state index contributed by atoms with van der Waals surface area (Å²) in [5, 5.41) is 4.05. The molecule has 1 N–H and O–H groups in total. The van der Waals surface area contributed by atoms with Gasteiger partial charge in [-0.1, -0.05) is 6.07 Å². The second-order valence-electron chi connectivity index (χ2n) is 5.94. The zero-order valence-electron chi connectivity index (χ0n) is 14.3. The van der Waals surface area contributed by atoms with Gasteiger partial charge in [-0.05, 0) is 67.7 Å². The first-order chi connectivity index (χ1) is 12.8. The molecular formula is C20H19N3O2S. The Balaban J connectivity index is 1.73. The molecule has 1 aliphatic rings. The highest BCUT2D eigenvalue weighted by atomic mass is 32.1. The molecule has 3 heterocycles. The molecule has 0 spiro atoms. The van der Waals surface area contributed by atoms with Crippen LogP contribution in [0.25, 0.3) is 0 Å². The van der Waals surface area contributed by atoms with E-state index in [9.17, 15) is 0 Å². The summed E-state index contributed by atoms with van der Waals surface area (Å²) in [6, 6.07) is 17.5. The van der Waals surface area contributed by atoms with Crippen LogP contribution < -0.4 is 15.0 Å². The first-order valence-electron chi connectivity index (χ1n) is 8.55. The molecule has 0 bridgehead atoms. The third-order valence-electron chi connectivity index (χ3n) is 4.36. The van der Waals surface area contributed by atoms with Gasteiger partial charge in [0.2, 0.25) is 0 Å². The van der Waals surface area contributed by atoms with E-state index < -0.39 is 0 Å². The van der Waals surface area contributed by atoms with Crippen molar-refractivity contribution < 1.29 is 9.15 Å². The molecule has 0 aliphatic carbocycles. The van der Waals surface area contributed by atoms with Crippen molar-refractivity contribution in [1.82, 2.24) is 10.3 Å². The number of rotatable bonds is 5. The predicted octanol–water partition coefficient (Wildman–Crippen LogP) is 4.25. The van der Waals surface area contributed by atoms with Crippen LogP contribution in [0.15, 0.2) is 71.5 Å². The Kier molecular flexibility index (Phi) is 4.58. The fraction of sp³-hybridized carbons (Fsp3) is 0.200. The first-order valence-corrected chi connectivity index (χ1v) is 8.95. The van der Waals surface area contributed by atoms with Gasteiger partial charge < -0.3 is 19.4 Å². The van der Waals surface area contributed by atoms with E-state index in [1.54, 1.807) is 12.5 Å². The van der Waals surface area contributed by atoms with Crippen molar-refractivity contribution in [2.45, 2.75) is 19.0 Å². The zero-order valence-corrected chi connectivity index (χ0v) is 15.1. The quantitative estimate of drug-likeness (QED) is 0.682. The number of hydrogen-bond acceptors (Lipinski definition) is 4. The van der Waals surface area contributed by atoms with Crippen LogP contribution >= 0.6 is 12.2 Å². The highest BCUT2D eigenvalue weighted by Gasteiger charge is 2.42. The molecule has 1 fully saturated rings. The zero-order chi connectivity index (χ0) is 17.9. The maximum absolute atomic E-state index is 5.74. The van der Waals surface area contributed by atoms with E-state index in [0.717, 1.165) is 22.9 Å². The second kappa shape index (κ2) is 7.17. The molecule has 2 unspecified atom stereocenters. The molecule has 5 nitrogen and oxygen atoms in total. The lowest BCUT2D eigenvalue weighted by Gasteiger charge is -2.26. The normalized spacial score (nSPS) is 19.4. The molecular weight excluding hydrogens is 346 g/mol. The first kappa shape index (κ1) is 16.6. The lowest BCUT2D eigenvalue weighted by atomic mass is 10.0. The molecule has 1 aromatic carbocycles. The Morgan fingerprint density at radius 3 is 2.65 bits per heavy atom. The summed E-state index contributed by atoms with van der Waals surface area (Å²) in [6.07, 6.45) is 3.47.